The van der Waals surface area contributed by atoms with Crippen molar-refractivity contribution in [2.45, 2.75) is 27.4 Å². The molecule has 4 nitrogen and oxygen atoms in total. The van der Waals surface area contributed by atoms with Crippen molar-refractivity contribution < 1.29 is 19.3 Å². The van der Waals surface area contributed by atoms with Crippen LogP contribution in [0.4, 0.5) is 0 Å². The number of benzene rings is 1. The number of aliphatic hydroxyl groups is 1. The summed E-state index contributed by atoms with van der Waals surface area (Å²) in [4.78, 5) is 11.3. The summed E-state index contributed by atoms with van der Waals surface area (Å²) in [5.41, 5.74) is 1.95. The Morgan fingerprint density at radius 1 is 1.33 bits per heavy atom. The van der Waals surface area contributed by atoms with Crippen molar-refractivity contribution in [2.75, 3.05) is 13.2 Å². The first kappa shape index (κ1) is 17.5. The van der Waals surface area contributed by atoms with Crippen LogP contribution in [0, 0.1) is 5.41 Å². The lowest BCUT2D eigenvalue weighted by molar-refractivity contribution is -0.140. The number of hydrogen-bond acceptors (Lipinski definition) is 4. The van der Waals surface area contributed by atoms with Gasteiger partial charge in [0.05, 0.1) is 6.61 Å². The molecule has 0 saturated heterocycles. The third-order valence-electron chi connectivity index (χ3n) is 2.82. The van der Waals surface area contributed by atoms with Crippen LogP contribution in [0.2, 0.25) is 0 Å². The van der Waals surface area contributed by atoms with Gasteiger partial charge in [-0.15, -0.1) is 0 Å². The first-order valence-corrected chi connectivity index (χ1v) is 6.81. The molecule has 21 heavy (non-hydrogen) atoms. The van der Waals surface area contributed by atoms with Gasteiger partial charge >= 0.3 is 13.5 Å². The molecule has 0 heterocycles. The lowest BCUT2D eigenvalue weighted by Crippen LogP contribution is -2.28. The molecule has 1 N–H and O–H groups in total. The van der Waals surface area contributed by atoms with Crippen LogP contribution in [0.25, 0.3) is 0 Å². The highest BCUT2D eigenvalue weighted by Gasteiger charge is 2.16. The molecule has 0 spiro atoms. The zero-order valence-electron chi connectivity index (χ0n) is 12.9. The van der Waals surface area contributed by atoms with Crippen molar-refractivity contribution in [1.29, 1.82) is 0 Å². The molecule has 1 aromatic rings. The molecule has 1 rings (SSSR count). The summed E-state index contributed by atoms with van der Waals surface area (Å²) in [6.45, 7) is 9.76. The molecule has 0 amide bonds. The van der Waals surface area contributed by atoms with Crippen molar-refractivity contribution in [1.82, 2.24) is 0 Å². The van der Waals surface area contributed by atoms with Gasteiger partial charge in [-0.3, -0.25) is 0 Å². The Hall–Kier alpha value is -1.59. The van der Waals surface area contributed by atoms with E-state index in [9.17, 15) is 4.79 Å². The molecular formula is C16H22BO4. The largest absolute Gasteiger partial charge is 0.457 e. The van der Waals surface area contributed by atoms with Crippen molar-refractivity contribution in [2.24, 2.45) is 5.41 Å². The molecule has 0 unspecified atom stereocenters. The van der Waals surface area contributed by atoms with Gasteiger partial charge in [-0.2, -0.15) is 0 Å². The highest BCUT2D eigenvalue weighted by atomic mass is 16.5. The molecule has 0 aliphatic carbocycles. The van der Waals surface area contributed by atoms with E-state index in [0.29, 0.717) is 12.2 Å². The topological polar surface area (TPSA) is 55.8 Å². The van der Waals surface area contributed by atoms with Crippen LogP contribution in [0.15, 0.2) is 36.4 Å². The molecule has 0 aromatic heterocycles. The highest BCUT2D eigenvalue weighted by molar-refractivity contribution is 6.46. The van der Waals surface area contributed by atoms with E-state index in [1.54, 1.807) is 14.4 Å². The monoisotopic (exact) mass is 289 g/mol. The quantitative estimate of drug-likeness (QED) is 0.448. The van der Waals surface area contributed by atoms with E-state index in [4.69, 9.17) is 14.5 Å². The third-order valence-corrected chi connectivity index (χ3v) is 2.82. The minimum Gasteiger partial charge on any atom is -0.457 e. The Morgan fingerprint density at radius 3 is 2.48 bits per heavy atom. The van der Waals surface area contributed by atoms with E-state index >= 15 is 0 Å². The Balaban J connectivity index is 2.40. The SMILES string of the molecule is C=C(C)C(=O)OCc1ccc([B]OCC(C)(C)CO)cc1. The summed E-state index contributed by atoms with van der Waals surface area (Å²) in [7, 11) is 1.65. The predicted octanol–water partition coefficient (Wildman–Crippen LogP) is 1.59. The number of hydrogen-bond donors (Lipinski definition) is 1. The average Bonchev–Trinajstić information content (AvgIpc) is 2.45. The summed E-state index contributed by atoms with van der Waals surface area (Å²) in [5.74, 6) is -0.389. The smallest absolute Gasteiger partial charge is 0.333 e. The van der Waals surface area contributed by atoms with Gasteiger partial charge < -0.3 is 14.5 Å². The number of esters is 1. The molecule has 5 heteroatoms. The number of carbonyl (C=O) groups is 1. The van der Waals surface area contributed by atoms with Gasteiger partial charge in [0.15, 0.2) is 0 Å². The van der Waals surface area contributed by atoms with Gasteiger partial charge in [0, 0.05) is 17.6 Å². The van der Waals surface area contributed by atoms with Gasteiger partial charge in [0.1, 0.15) is 6.61 Å². The molecular weight excluding hydrogens is 267 g/mol. The van der Waals surface area contributed by atoms with Gasteiger partial charge in [0.2, 0.25) is 0 Å². The van der Waals surface area contributed by atoms with Crippen LogP contribution in [-0.4, -0.2) is 31.8 Å². The van der Waals surface area contributed by atoms with Gasteiger partial charge in [0.25, 0.3) is 0 Å². The van der Waals surface area contributed by atoms with Crippen LogP contribution in [0.3, 0.4) is 0 Å². The highest BCUT2D eigenvalue weighted by Crippen LogP contribution is 2.13. The summed E-state index contributed by atoms with van der Waals surface area (Å²) >= 11 is 0. The molecule has 1 aromatic carbocycles. The second kappa shape index (κ2) is 8.00. The van der Waals surface area contributed by atoms with Crippen molar-refractivity contribution in [3.63, 3.8) is 0 Å². The third kappa shape index (κ3) is 6.60. The van der Waals surface area contributed by atoms with Crippen molar-refractivity contribution >= 4 is 18.9 Å². The molecule has 0 saturated carbocycles. The molecule has 1 radical (unpaired) electrons. The molecule has 113 valence electrons. The number of carbonyl (C=O) groups excluding carboxylic acids is 1. The van der Waals surface area contributed by atoms with Gasteiger partial charge in [-0.25, -0.2) is 4.79 Å². The number of aliphatic hydroxyl groups excluding tert-OH is 1. The number of rotatable bonds is 8. The Labute approximate surface area is 127 Å². The van der Waals surface area contributed by atoms with E-state index in [2.05, 4.69) is 6.58 Å². The zero-order chi connectivity index (χ0) is 15.9. The fourth-order valence-electron chi connectivity index (χ4n) is 1.37. The molecule has 0 aliphatic heterocycles. The Bertz CT molecular complexity index is 480. The molecule has 0 fully saturated rings. The van der Waals surface area contributed by atoms with Crippen LogP contribution >= 0.6 is 0 Å². The van der Waals surface area contributed by atoms with Gasteiger partial charge in [-0.1, -0.05) is 50.2 Å². The van der Waals surface area contributed by atoms with Crippen LogP contribution < -0.4 is 5.46 Å². The normalized spacial score (nSPS) is 11.0. The predicted molar refractivity (Wildman–Crippen MR) is 83.3 cm³/mol. The standard InChI is InChI=1S/C16H22BO4/c1-12(2)15(19)20-9-13-5-7-14(8-6-13)17-21-11-16(3,4)10-18/h5-8,18H,1,9-11H2,2-4H3. The maximum atomic E-state index is 11.3. The second-order valence-corrected chi connectivity index (χ2v) is 5.85. The van der Waals surface area contributed by atoms with Crippen LogP contribution in [-0.2, 0) is 20.8 Å². The fraction of sp³-hybridized carbons (Fsp3) is 0.438. The van der Waals surface area contributed by atoms with E-state index < -0.39 is 0 Å². The van der Waals surface area contributed by atoms with E-state index in [-0.39, 0.29) is 24.6 Å². The Morgan fingerprint density at radius 2 is 1.95 bits per heavy atom. The minimum atomic E-state index is -0.389. The second-order valence-electron chi connectivity index (χ2n) is 5.85. The minimum absolute atomic E-state index is 0.0772. The van der Waals surface area contributed by atoms with Gasteiger partial charge in [-0.05, 0) is 12.5 Å². The maximum absolute atomic E-state index is 11.3. The molecule has 0 aliphatic rings. The lowest BCUT2D eigenvalue weighted by atomic mass is 9.86. The number of ether oxygens (including phenoxy) is 1. The van der Waals surface area contributed by atoms with E-state index in [1.165, 1.54) is 0 Å². The van der Waals surface area contributed by atoms with Crippen molar-refractivity contribution in [3.8, 4) is 0 Å². The maximum Gasteiger partial charge on any atom is 0.333 e. The first-order valence-electron chi connectivity index (χ1n) is 6.81. The zero-order valence-corrected chi connectivity index (χ0v) is 12.9. The van der Waals surface area contributed by atoms with E-state index in [0.717, 1.165) is 11.0 Å². The summed E-state index contributed by atoms with van der Waals surface area (Å²) in [6, 6.07) is 7.52. The van der Waals surface area contributed by atoms with Crippen molar-refractivity contribution in [3.05, 3.63) is 42.0 Å². The fourth-order valence-corrected chi connectivity index (χ4v) is 1.37. The summed E-state index contributed by atoms with van der Waals surface area (Å²) in [6.07, 6.45) is 0. The average molecular weight is 289 g/mol. The Kier molecular flexibility index (Phi) is 6.66. The molecule has 0 bridgehead atoms. The first-order chi connectivity index (χ1) is 9.84. The summed E-state index contributed by atoms with van der Waals surface area (Å²) in [5, 5.41) is 9.13. The van der Waals surface area contributed by atoms with E-state index in [1.807, 2.05) is 38.1 Å². The van der Waals surface area contributed by atoms with Crippen LogP contribution in [0.5, 0.6) is 0 Å². The van der Waals surface area contributed by atoms with Crippen LogP contribution in [0.1, 0.15) is 26.3 Å². The molecule has 0 atom stereocenters. The lowest BCUT2D eigenvalue weighted by Gasteiger charge is -2.21. The summed E-state index contributed by atoms with van der Waals surface area (Å²) < 4.78 is 10.5.